The fourth-order valence-corrected chi connectivity index (χ4v) is 0.617. The molecule has 0 aromatic carbocycles. The van der Waals surface area contributed by atoms with Crippen LogP contribution < -0.4 is 0 Å². The molecule has 0 bridgehead atoms. The standard InChI is InChI=1S/C7H9ClS/c1-2-4-7(8)5-3-6-9/h2-5,9H,1,6H2/b5-3-,7-4+. The molecule has 9 heavy (non-hydrogen) atoms. The second-order valence-corrected chi connectivity index (χ2v) is 2.17. The van der Waals surface area contributed by atoms with Crippen LogP contribution in [0.1, 0.15) is 0 Å². The zero-order chi connectivity index (χ0) is 7.11. The summed E-state index contributed by atoms with van der Waals surface area (Å²) in [5, 5.41) is 0.680. The Morgan fingerprint density at radius 2 is 2.33 bits per heavy atom. The highest BCUT2D eigenvalue weighted by molar-refractivity contribution is 7.80. The Morgan fingerprint density at radius 3 is 2.78 bits per heavy atom. The van der Waals surface area contributed by atoms with Gasteiger partial charge in [-0.2, -0.15) is 12.6 Å². The first kappa shape index (κ1) is 8.86. The molecule has 0 aliphatic heterocycles. The van der Waals surface area contributed by atoms with Crippen LogP contribution in [0.2, 0.25) is 0 Å². The number of rotatable bonds is 3. The molecule has 0 fully saturated rings. The van der Waals surface area contributed by atoms with Crippen LogP contribution in [0.4, 0.5) is 0 Å². The van der Waals surface area contributed by atoms with Crippen molar-refractivity contribution in [3.63, 3.8) is 0 Å². The van der Waals surface area contributed by atoms with Crippen LogP contribution in [0, 0.1) is 0 Å². The Bertz CT molecular complexity index is 136. The maximum absolute atomic E-state index is 5.63. The van der Waals surface area contributed by atoms with Crippen LogP contribution in [-0.4, -0.2) is 5.75 Å². The second kappa shape index (κ2) is 5.99. The highest BCUT2D eigenvalue weighted by atomic mass is 35.5. The zero-order valence-corrected chi connectivity index (χ0v) is 6.70. The first-order chi connectivity index (χ1) is 4.31. The van der Waals surface area contributed by atoms with Crippen molar-refractivity contribution in [1.82, 2.24) is 0 Å². The van der Waals surface area contributed by atoms with Crippen LogP contribution in [0.5, 0.6) is 0 Å². The third-order valence-corrected chi connectivity index (χ3v) is 1.12. The zero-order valence-electron chi connectivity index (χ0n) is 5.05. The van der Waals surface area contributed by atoms with Crippen molar-refractivity contribution in [2.75, 3.05) is 5.75 Å². The lowest BCUT2D eigenvalue weighted by Gasteiger charge is -1.81. The molecule has 0 saturated heterocycles. The van der Waals surface area contributed by atoms with E-state index < -0.39 is 0 Å². The van der Waals surface area contributed by atoms with Crippen molar-refractivity contribution in [3.8, 4) is 0 Å². The van der Waals surface area contributed by atoms with E-state index in [9.17, 15) is 0 Å². The molecule has 0 atom stereocenters. The molecule has 0 amide bonds. The fourth-order valence-electron chi connectivity index (χ4n) is 0.333. The van der Waals surface area contributed by atoms with E-state index in [0.29, 0.717) is 10.8 Å². The van der Waals surface area contributed by atoms with Gasteiger partial charge in [-0.25, -0.2) is 0 Å². The van der Waals surface area contributed by atoms with Crippen molar-refractivity contribution in [1.29, 1.82) is 0 Å². The quantitative estimate of drug-likeness (QED) is 0.477. The summed E-state index contributed by atoms with van der Waals surface area (Å²) in [6.45, 7) is 3.49. The molecule has 0 aliphatic carbocycles. The molecule has 0 spiro atoms. The summed E-state index contributed by atoms with van der Waals surface area (Å²) in [4.78, 5) is 0. The Balaban J connectivity index is 3.74. The minimum absolute atomic E-state index is 0.680. The molecule has 0 aromatic rings. The van der Waals surface area contributed by atoms with Gasteiger partial charge in [0.05, 0.1) is 0 Å². The Morgan fingerprint density at radius 1 is 1.67 bits per heavy atom. The highest BCUT2D eigenvalue weighted by Crippen LogP contribution is 2.02. The normalized spacial score (nSPS) is 12.4. The van der Waals surface area contributed by atoms with Gasteiger partial charge in [0.15, 0.2) is 0 Å². The lowest BCUT2D eigenvalue weighted by molar-refractivity contribution is 1.74. The van der Waals surface area contributed by atoms with Crippen LogP contribution >= 0.6 is 24.2 Å². The molecule has 0 nitrogen and oxygen atoms in total. The van der Waals surface area contributed by atoms with Gasteiger partial charge in [0.1, 0.15) is 0 Å². The molecular weight excluding hydrogens is 152 g/mol. The third kappa shape index (κ3) is 5.74. The first-order valence-corrected chi connectivity index (χ1v) is 3.58. The van der Waals surface area contributed by atoms with Gasteiger partial charge in [0.25, 0.3) is 0 Å². The highest BCUT2D eigenvalue weighted by Gasteiger charge is 1.77. The minimum Gasteiger partial charge on any atom is -0.175 e. The molecule has 0 saturated carbocycles. The number of hydrogen-bond acceptors (Lipinski definition) is 1. The number of allylic oxidation sites excluding steroid dienone is 4. The van der Waals surface area contributed by atoms with Crippen LogP contribution in [0.25, 0.3) is 0 Å². The van der Waals surface area contributed by atoms with E-state index in [4.69, 9.17) is 11.6 Å². The van der Waals surface area contributed by atoms with Gasteiger partial charge in [-0.3, -0.25) is 0 Å². The smallest absolute Gasteiger partial charge is 0.0402 e. The molecule has 0 aromatic heterocycles. The lowest BCUT2D eigenvalue weighted by Crippen LogP contribution is -1.62. The van der Waals surface area contributed by atoms with E-state index in [0.717, 1.165) is 0 Å². The summed E-state index contributed by atoms with van der Waals surface area (Å²) >= 11 is 9.59. The number of halogens is 1. The molecule has 50 valence electrons. The van der Waals surface area contributed by atoms with Gasteiger partial charge in [-0.1, -0.05) is 30.3 Å². The SMILES string of the molecule is C=C/C=C(Cl)\C=C/CS. The maximum Gasteiger partial charge on any atom is 0.0402 e. The molecule has 0 rings (SSSR count). The van der Waals surface area contributed by atoms with Crippen molar-refractivity contribution in [2.45, 2.75) is 0 Å². The van der Waals surface area contributed by atoms with Crippen LogP contribution in [0.15, 0.2) is 35.9 Å². The molecule has 0 heterocycles. The topological polar surface area (TPSA) is 0 Å². The third-order valence-electron chi connectivity index (χ3n) is 0.660. The average molecular weight is 161 g/mol. The van der Waals surface area contributed by atoms with Crippen molar-refractivity contribution >= 4 is 24.2 Å². The maximum atomic E-state index is 5.63. The average Bonchev–Trinajstić information content (AvgIpc) is 1.85. The first-order valence-electron chi connectivity index (χ1n) is 2.57. The fraction of sp³-hybridized carbons (Fsp3) is 0.143. The molecular formula is C7H9ClS. The number of hydrogen-bond donors (Lipinski definition) is 1. The van der Waals surface area contributed by atoms with Crippen LogP contribution in [0.3, 0.4) is 0 Å². The van der Waals surface area contributed by atoms with Crippen LogP contribution in [-0.2, 0) is 0 Å². The monoisotopic (exact) mass is 160 g/mol. The van der Waals surface area contributed by atoms with Gasteiger partial charge in [-0.05, 0) is 12.2 Å². The molecule has 0 aliphatic rings. The van der Waals surface area contributed by atoms with Gasteiger partial charge >= 0.3 is 0 Å². The van der Waals surface area contributed by atoms with Crippen molar-refractivity contribution in [2.24, 2.45) is 0 Å². The van der Waals surface area contributed by atoms with Gasteiger partial charge in [0.2, 0.25) is 0 Å². The van der Waals surface area contributed by atoms with E-state index in [2.05, 4.69) is 19.2 Å². The summed E-state index contributed by atoms with van der Waals surface area (Å²) in [7, 11) is 0. The summed E-state index contributed by atoms with van der Waals surface area (Å²) in [5.74, 6) is 0.710. The molecule has 0 unspecified atom stereocenters. The van der Waals surface area contributed by atoms with E-state index in [1.54, 1.807) is 18.2 Å². The van der Waals surface area contributed by atoms with Gasteiger partial charge in [-0.15, -0.1) is 0 Å². The molecule has 0 radical (unpaired) electrons. The van der Waals surface area contributed by atoms with E-state index in [1.807, 2.05) is 6.08 Å². The largest absolute Gasteiger partial charge is 0.175 e. The molecule has 0 N–H and O–H groups in total. The Kier molecular flexibility index (Phi) is 5.89. The van der Waals surface area contributed by atoms with Gasteiger partial charge in [0, 0.05) is 10.8 Å². The second-order valence-electron chi connectivity index (χ2n) is 1.37. The predicted octanol–water partition coefficient (Wildman–Crippen LogP) is 2.78. The number of thiol groups is 1. The summed E-state index contributed by atoms with van der Waals surface area (Å²) < 4.78 is 0. The summed E-state index contributed by atoms with van der Waals surface area (Å²) in [5.41, 5.74) is 0. The van der Waals surface area contributed by atoms with E-state index in [-0.39, 0.29) is 0 Å². The minimum atomic E-state index is 0.680. The lowest BCUT2D eigenvalue weighted by atomic mass is 10.4. The van der Waals surface area contributed by atoms with E-state index in [1.165, 1.54) is 0 Å². The summed E-state index contributed by atoms with van der Waals surface area (Å²) in [6, 6.07) is 0. The predicted molar refractivity (Wildman–Crippen MR) is 47.1 cm³/mol. The Hall–Kier alpha value is -0.140. The molecule has 2 heteroatoms. The van der Waals surface area contributed by atoms with Crippen molar-refractivity contribution in [3.05, 3.63) is 35.9 Å². The Labute approximate surface area is 66.3 Å². The van der Waals surface area contributed by atoms with E-state index >= 15 is 0 Å². The summed E-state index contributed by atoms with van der Waals surface area (Å²) in [6.07, 6.45) is 7.02. The van der Waals surface area contributed by atoms with Crippen molar-refractivity contribution < 1.29 is 0 Å². The van der Waals surface area contributed by atoms with Gasteiger partial charge < -0.3 is 0 Å².